The van der Waals surface area contributed by atoms with Gasteiger partial charge in [-0.25, -0.2) is 22.8 Å². The molecule has 4 rings (SSSR count). The molecular weight excluding hydrogens is 464 g/mol. The summed E-state index contributed by atoms with van der Waals surface area (Å²) in [5, 5.41) is 7.38. The molecule has 1 N–H and O–H groups in total. The standard InChI is InChI=1S/C22H22N4O3S3/c1-14-6-8-19(15(2)13-14)32(28,29)23-10-11-26-20(27)9-7-17(25-26)21-16(3)24-22(31-21)18-5-4-12-30-18/h4-9,12-13,23H,10-11H2,1-3H3. The molecule has 3 heterocycles. The van der Waals surface area contributed by atoms with Crippen molar-refractivity contribution >= 4 is 32.7 Å². The molecule has 0 atom stereocenters. The van der Waals surface area contributed by atoms with E-state index in [1.165, 1.54) is 22.1 Å². The molecule has 0 aliphatic carbocycles. The highest BCUT2D eigenvalue weighted by Gasteiger charge is 2.17. The Morgan fingerprint density at radius 3 is 2.62 bits per heavy atom. The van der Waals surface area contributed by atoms with Crippen molar-refractivity contribution < 1.29 is 8.42 Å². The fraction of sp³-hybridized carbons (Fsp3) is 0.227. The van der Waals surface area contributed by atoms with E-state index < -0.39 is 10.0 Å². The minimum atomic E-state index is -3.68. The Bertz CT molecular complexity index is 1420. The Morgan fingerprint density at radius 1 is 1.09 bits per heavy atom. The van der Waals surface area contributed by atoms with Crippen molar-refractivity contribution in [3.8, 4) is 20.5 Å². The monoisotopic (exact) mass is 486 g/mol. The van der Waals surface area contributed by atoms with Crippen LogP contribution in [0, 0.1) is 20.8 Å². The van der Waals surface area contributed by atoms with E-state index in [4.69, 9.17) is 0 Å². The second kappa shape index (κ2) is 9.07. The molecule has 0 amide bonds. The minimum absolute atomic E-state index is 0.0497. The number of benzene rings is 1. The topological polar surface area (TPSA) is 93.9 Å². The van der Waals surface area contributed by atoms with Gasteiger partial charge in [-0.1, -0.05) is 23.8 Å². The SMILES string of the molecule is Cc1ccc(S(=O)(=O)NCCn2nc(-c3sc(-c4cccs4)nc3C)ccc2=O)c(C)c1. The van der Waals surface area contributed by atoms with Gasteiger partial charge in [-0.05, 0) is 49.9 Å². The third-order valence-corrected chi connectivity index (χ3v) is 8.70. The van der Waals surface area contributed by atoms with Crippen molar-refractivity contribution in [3.63, 3.8) is 0 Å². The van der Waals surface area contributed by atoms with E-state index in [2.05, 4.69) is 14.8 Å². The minimum Gasteiger partial charge on any atom is -0.268 e. The van der Waals surface area contributed by atoms with E-state index in [0.717, 1.165) is 26.0 Å². The normalized spacial score (nSPS) is 11.7. The molecular formula is C22H22N4O3S3. The van der Waals surface area contributed by atoms with Crippen molar-refractivity contribution in [2.75, 3.05) is 6.54 Å². The zero-order chi connectivity index (χ0) is 22.9. The van der Waals surface area contributed by atoms with Crippen LogP contribution in [0.4, 0.5) is 0 Å². The summed E-state index contributed by atoms with van der Waals surface area (Å²) in [6, 6.07) is 12.3. The number of sulfonamides is 1. The highest BCUT2D eigenvalue weighted by atomic mass is 32.2. The predicted molar refractivity (Wildman–Crippen MR) is 129 cm³/mol. The summed E-state index contributed by atoms with van der Waals surface area (Å²) in [6.45, 7) is 5.76. The smallest absolute Gasteiger partial charge is 0.266 e. The van der Waals surface area contributed by atoms with Crippen molar-refractivity contribution in [2.24, 2.45) is 0 Å². The molecule has 0 saturated heterocycles. The van der Waals surface area contributed by atoms with Gasteiger partial charge in [0.05, 0.1) is 26.9 Å². The van der Waals surface area contributed by atoms with Gasteiger partial charge in [-0.15, -0.1) is 22.7 Å². The molecule has 7 nitrogen and oxygen atoms in total. The lowest BCUT2D eigenvalue weighted by Crippen LogP contribution is -2.32. The van der Waals surface area contributed by atoms with Crippen molar-refractivity contribution in [2.45, 2.75) is 32.2 Å². The second-order valence-electron chi connectivity index (χ2n) is 7.36. The van der Waals surface area contributed by atoms with Crippen LogP contribution in [0.5, 0.6) is 0 Å². The van der Waals surface area contributed by atoms with E-state index in [1.54, 1.807) is 36.5 Å². The molecule has 166 valence electrons. The Labute approximate surface area is 194 Å². The molecule has 0 unspecified atom stereocenters. The molecule has 4 aromatic rings. The molecule has 0 bridgehead atoms. The lowest BCUT2D eigenvalue weighted by Gasteiger charge is -2.11. The molecule has 0 saturated carbocycles. The Kier molecular flexibility index (Phi) is 6.38. The van der Waals surface area contributed by atoms with Crippen LogP contribution in [0.15, 0.2) is 57.5 Å². The van der Waals surface area contributed by atoms with Gasteiger partial charge in [0.1, 0.15) is 10.7 Å². The van der Waals surface area contributed by atoms with Crippen LogP contribution in [-0.4, -0.2) is 29.7 Å². The zero-order valence-corrected chi connectivity index (χ0v) is 20.3. The number of hydrogen-bond acceptors (Lipinski definition) is 7. The number of hydrogen-bond donors (Lipinski definition) is 1. The van der Waals surface area contributed by atoms with Crippen molar-refractivity contribution in [1.82, 2.24) is 19.5 Å². The summed E-state index contributed by atoms with van der Waals surface area (Å²) in [5.74, 6) is 0. The van der Waals surface area contributed by atoms with E-state index >= 15 is 0 Å². The molecule has 0 aliphatic heterocycles. The number of thiophene rings is 1. The molecule has 1 aromatic carbocycles. The first kappa shape index (κ1) is 22.5. The fourth-order valence-electron chi connectivity index (χ4n) is 3.33. The first-order valence-electron chi connectivity index (χ1n) is 9.91. The van der Waals surface area contributed by atoms with Crippen LogP contribution in [0.3, 0.4) is 0 Å². The average molecular weight is 487 g/mol. The fourth-order valence-corrected chi connectivity index (χ4v) is 6.41. The maximum Gasteiger partial charge on any atom is 0.266 e. The molecule has 32 heavy (non-hydrogen) atoms. The summed E-state index contributed by atoms with van der Waals surface area (Å²) in [5.41, 5.74) is 2.86. The van der Waals surface area contributed by atoms with Gasteiger partial charge < -0.3 is 0 Å². The summed E-state index contributed by atoms with van der Waals surface area (Å²) >= 11 is 3.14. The van der Waals surface area contributed by atoms with Crippen LogP contribution in [0.25, 0.3) is 20.5 Å². The average Bonchev–Trinajstić information content (AvgIpc) is 3.39. The maximum absolute atomic E-state index is 12.7. The van der Waals surface area contributed by atoms with Crippen LogP contribution in [-0.2, 0) is 16.6 Å². The molecule has 0 radical (unpaired) electrons. The molecule has 0 fully saturated rings. The van der Waals surface area contributed by atoms with Gasteiger partial charge >= 0.3 is 0 Å². The first-order valence-corrected chi connectivity index (χ1v) is 13.1. The number of aryl methyl sites for hydroxylation is 3. The summed E-state index contributed by atoms with van der Waals surface area (Å²) in [6.07, 6.45) is 0. The lowest BCUT2D eigenvalue weighted by molar-refractivity contribution is 0.548. The van der Waals surface area contributed by atoms with E-state index in [-0.39, 0.29) is 23.5 Å². The quantitative estimate of drug-likeness (QED) is 0.426. The van der Waals surface area contributed by atoms with Gasteiger partial charge in [-0.2, -0.15) is 5.10 Å². The lowest BCUT2D eigenvalue weighted by atomic mass is 10.2. The van der Waals surface area contributed by atoms with Crippen molar-refractivity contribution in [1.29, 1.82) is 0 Å². The van der Waals surface area contributed by atoms with Gasteiger partial charge in [0, 0.05) is 12.6 Å². The number of rotatable bonds is 7. The number of nitrogens with one attached hydrogen (secondary N) is 1. The number of nitrogens with zero attached hydrogens (tertiary/aromatic N) is 3. The molecule has 0 aliphatic rings. The van der Waals surface area contributed by atoms with Crippen LogP contribution < -0.4 is 10.3 Å². The zero-order valence-electron chi connectivity index (χ0n) is 17.8. The highest BCUT2D eigenvalue weighted by molar-refractivity contribution is 7.89. The van der Waals surface area contributed by atoms with E-state index in [9.17, 15) is 13.2 Å². The third-order valence-electron chi connectivity index (χ3n) is 4.86. The van der Waals surface area contributed by atoms with Crippen molar-refractivity contribution in [3.05, 3.63) is 75.0 Å². The van der Waals surface area contributed by atoms with Gasteiger partial charge in [0.15, 0.2) is 0 Å². The third kappa shape index (κ3) is 4.73. The number of thiazole rings is 1. The maximum atomic E-state index is 12.7. The molecule has 3 aromatic heterocycles. The summed E-state index contributed by atoms with van der Waals surface area (Å²) in [7, 11) is -3.68. The van der Waals surface area contributed by atoms with E-state index in [0.29, 0.717) is 11.3 Å². The van der Waals surface area contributed by atoms with Gasteiger partial charge in [-0.3, -0.25) is 4.79 Å². The molecule has 10 heteroatoms. The van der Waals surface area contributed by atoms with Crippen LogP contribution in [0.1, 0.15) is 16.8 Å². The number of aromatic nitrogens is 3. The van der Waals surface area contributed by atoms with Gasteiger partial charge in [0.25, 0.3) is 5.56 Å². The second-order valence-corrected chi connectivity index (χ2v) is 11.0. The van der Waals surface area contributed by atoms with Gasteiger partial charge in [0.2, 0.25) is 10.0 Å². The summed E-state index contributed by atoms with van der Waals surface area (Å²) in [4.78, 5) is 19.1. The van der Waals surface area contributed by atoms with Crippen LogP contribution in [0.2, 0.25) is 0 Å². The Hall–Kier alpha value is -2.66. The summed E-state index contributed by atoms with van der Waals surface area (Å²) < 4.78 is 29.2. The Balaban J connectivity index is 1.52. The van der Waals surface area contributed by atoms with E-state index in [1.807, 2.05) is 37.4 Å². The predicted octanol–water partition coefficient (Wildman–Crippen LogP) is 4.00. The Morgan fingerprint density at radius 2 is 1.91 bits per heavy atom. The van der Waals surface area contributed by atoms with Crippen LogP contribution >= 0.6 is 22.7 Å². The highest BCUT2D eigenvalue weighted by Crippen LogP contribution is 2.35. The first-order chi connectivity index (χ1) is 15.2. The largest absolute Gasteiger partial charge is 0.268 e. The molecule has 0 spiro atoms.